The molecule has 1 atom stereocenters. The van der Waals surface area contributed by atoms with Crippen molar-refractivity contribution in [2.75, 3.05) is 0 Å². The SMILES string of the molecule is CCn1cnc(S(=O)(=O)N[C@@H](C)C(=O)OC(C)(C)C)c1. The lowest BCUT2D eigenvalue weighted by molar-refractivity contribution is -0.156. The van der Waals surface area contributed by atoms with Gasteiger partial charge in [0.2, 0.25) is 0 Å². The van der Waals surface area contributed by atoms with Gasteiger partial charge in [-0.1, -0.05) is 0 Å². The van der Waals surface area contributed by atoms with E-state index < -0.39 is 27.6 Å². The highest BCUT2D eigenvalue weighted by Gasteiger charge is 2.27. The number of carbonyl (C=O) groups excluding carboxylic acids is 1. The van der Waals surface area contributed by atoms with Crippen LogP contribution in [0.2, 0.25) is 0 Å². The van der Waals surface area contributed by atoms with Gasteiger partial charge in [-0.15, -0.1) is 0 Å². The van der Waals surface area contributed by atoms with Crippen molar-refractivity contribution in [3.8, 4) is 0 Å². The number of hydrogen-bond donors (Lipinski definition) is 1. The Morgan fingerprint density at radius 2 is 2.10 bits per heavy atom. The monoisotopic (exact) mass is 303 g/mol. The standard InChI is InChI=1S/C12H21N3O4S/c1-6-15-7-10(13-8-15)20(17,18)14-9(2)11(16)19-12(3,4)5/h7-9,14H,6H2,1-5H3/t9-/m0/s1. The van der Waals surface area contributed by atoms with Gasteiger partial charge in [-0.3, -0.25) is 4.79 Å². The van der Waals surface area contributed by atoms with Crippen LogP contribution in [0.5, 0.6) is 0 Å². The van der Waals surface area contributed by atoms with Crippen molar-refractivity contribution in [1.82, 2.24) is 14.3 Å². The van der Waals surface area contributed by atoms with Gasteiger partial charge in [-0.25, -0.2) is 13.4 Å². The number of sulfonamides is 1. The zero-order chi connectivity index (χ0) is 15.6. The Morgan fingerprint density at radius 3 is 2.55 bits per heavy atom. The average Bonchev–Trinajstić information content (AvgIpc) is 2.75. The molecule has 0 amide bonds. The minimum absolute atomic E-state index is 0.116. The first-order chi connectivity index (χ1) is 9.05. The molecule has 0 radical (unpaired) electrons. The summed E-state index contributed by atoms with van der Waals surface area (Å²) in [6.07, 6.45) is 2.83. The molecule has 1 N–H and O–H groups in total. The fourth-order valence-corrected chi connectivity index (χ4v) is 2.53. The molecule has 0 saturated heterocycles. The van der Waals surface area contributed by atoms with Crippen LogP contribution in [-0.2, 0) is 26.1 Å². The maximum Gasteiger partial charge on any atom is 0.324 e. The molecule has 114 valence electrons. The summed E-state index contributed by atoms with van der Waals surface area (Å²) in [5, 5.41) is -0.116. The molecule has 0 spiro atoms. The van der Waals surface area contributed by atoms with E-state index in [-0.39, 0.29) is 5.03 Å². The van der Waals surface area contributed by atoms with Crippen LogP contribution in [0.3, 0.4) is 0 Å². The number of imidazole rings is 1. The van der Waals surface area contributed by atoms with Crippen molar-refractivity contribution in [2.45, 2.75) is 57.8 Å². The number of hydrogen-bond acceptors (Lipinski definition) is 5. The van der Waals surface area contributed by atoms with E-state index in [2.05, 4.69) is 9.71 Å². The molecule has 0 aromatic carbocycles. The third kappa shape index (κ3) is 4.61. The first kappa shape index (κ1) is 16.6. The Bertz CT molecular complexity index is 572. The van der Waals surface area contributed by atoms with Gasteiger partial charge in [0.1, 0.15) is 11.6 Å². The van der Waals surface area contributed by atoms with Crippen LogP contribution in [0.15, 0.2) is 17.6 Å². The third-order valence-electron chi connectivity index (χ3n) is 2.34. The van der Waals surface area contributed by atoms with E-state index in [9.17, 15) is 13.2 Å². The third-order valence-corrected chi connectivity index (χ3v) is 3.77. The molecule has 0 fully saturated rings. The average molecular weight is 303 g/mol. The quantitative estimate of drug-likeness (QED) is 0.817. The lowest BCUT2D eigenvalue weighted by Gasteiger charge is -2.22. The molecule has 8 heteroatoms. The summed E-state index contributed by atoms with van der Waals surface area (Å²) in [6, 6.07) is -0.981. The van der Waals surface area contributed by atoms with Gasteiger partial charge in [0, 0.05) is 12.7 Å². The number of nitrogens with one attached hydrogen (secondary N) is 1. The molecule has 7 nitrogen and oxygen atoms in total. The van der Waals surface area contributed by atoms with Crippen LogP contribution in [0.25, 0.3) is 0 Å². The minimum Gasteiger partial charge on any atom is -0.459 e. The molecule has 0 unspecified atom stereocenters. The second kappa shape index (κ2) is 5.92. The summed E-state index contributed by atoms with van der Waals surface area (Å²) in [5.41, 5.74) is -0.666. The summed E-state index contributed by atoms with van der Waals surface area (Å²) >= 11 is 0. The van der Waals surface area contributed by atoms with Crippen LogP contribution in [0, 0.1) is 0 Å². The predicted molar refractivity (Wildman–Crippen MR) is 73.5 cm³/mol. The number of rotatable bonds is 5. The van der Waals surface area contributed by atoms with Gasteiger partial charge in [-0.2, -0.15) is 4.72 Å². The molecule has 0 bridgehead atoms. The number of carbonyl (C=O) groups is 1. The molecule has 0 aliphatic heterocycles. The number of nitrogens with zero attached hydrogens (tertiary/aromatic N) is 2. The van der Waals surface area contributed by atoms with E-state index in [1.165, 1.54) is 19.4 Å². The highest BCUT2D eigenvalue weighted by Crippen LogP contribution is 2.10. The molecule has 0 aliphatic carbocycles. The maximum absolute atomic E-state index is 12.0. The molecule has 1 aromatic rings. The minimum atomic E-state index is -3.83. The van der Waals surface area contributed by atoms with E-state index in [0.29, 0.717) is 6.54 Å². The molecular formula is C12H21N3O4S. The fraction of sp³-hybridized carbons (Fsp3) is 0.667. The highest BCUT2D eigenvalue weighted by molar-refractivity contribution is 7.89. The maximum atomic E-state index is 12.0. The number of ether oxygens (including phenoxy) is 1. The first-order valence-corrected chi connectivity index (χ1v) is 7.80. The van der Waals surface area contributed by atoms with E-state index in [1.54, 1.807) is 25.3 Å². The zero-order valence-electron chi connectivity index (χ0n) is 12.4. The molecular weight excluding hydrogens is 282 g/mol. The van der Waals surface area contributed by atoms with Crippen LogP contribution >= 0.6 is 0 Å². The number of esters is 1. The van der Waals surface area contributed by atoms with Crippen LogP contribution in [0.1, 0.15) is 34.6 Å². The largest absolute Gasteiger partial charge is 0.459 e. The van der Waals surface area contributed by atoms with Gasteiger partial charge in [0.15, 0.2) is 5.03 Å². The van der Waals surface area contributed by atoms with E-state index in [1.807, 2.05) is 6.92 Å². The lowest BCUT2D eigenvalue weighted by atomic mass is 10.2. The second-order valence-corrected chi connectivity index (χ2v) is 7.08. The van der Waals surface area contributed by atoms with Crippen molar-refractivity contribution >= 4 is 16.0 Å². The molecule has 1 heterocycles. The van der Waals surface area contributed by atoms with Crippen LogP contribution in [0.4, 0.5) is 0 Å². The van der Waals surface area contributed by atoms with E-state index >= 15 is 0 Å². The Kier molecular flexibility index (Phi) is 4.93. The molecule has 0 saturated carbocycles. The second-order valence-electron chi connectivity index (χ2n) is 5.42. The van der Waals surface area contributed by atoms with Crippen molar-refractivity contribution in [2.24, 2.45) is 0 Å². The number of aromatic nitrogens is 2. The van der Waals surface area contributed by atoms with Crippen LogP contribution < -0.4 is 4.72 Å². The van der Waals surface area contributed by atoms with Gasteiger partial charge < -0.3 is 9.30 Å². The van der Waals surface area contributed by atoms with Crippen molar-refractivity contribution in [3.63, 3.8) is 0 Å². The lowest BCUT2D eigenvalue weighted by Crippen LogP contribution is -2.42. The van der Waals surface area contributed by atoms with E-state index in [4.69, 9.17) is 4.74 Å². The molecule has 1 rings (SSSR count). The molecule has 0 aliphatic rings. The van der Waals surface area contributed by atoms with E-state index in [0.717, 1.165) is 0 Å². The van der Waals surface area contributed by atoms with Crippen molar-refractivity contribution in [3.05, 3.63) is 12.5 Å². The Hall–Kier alpha value is -1.41. The fourth-order valence-electron chi connectivity index (χ4n) is 1.38. The normalized spacial score (nSPS) is 14.1. The summed E-state index contributed by atoms with van der Waals surface area (Å²) in [4.78, 5) is 15.6. The van der Waals surface area contributed by atoms with Gasteiger partial charge in [0.05, 0.1) is 6.33 Å². The van der Waals surface area contributed by atoms with Crippen molar-refractivity contribution < 1.29 is 17.9 Å². The highest BCUT2D eigenvalue weighted by atomic mass is 32.2. The smallest absolute Gasteiger partial charge is 0.324 e. The summed E-state index contributed by atoms with van der Waals surface area (Å²) in [7, 11) is -3.83. The van der Waals surface area contributed by atoms with Gasteiger partial charge in [0.25, 0.3) is 10.0 Å². The predicted octanol–water partition coefficient (Wildman–Crippen LogP) is 0.911. The zero-order valence-corrected chi connectivity index (χ0v) is 13.2. The number of aryl methyl sites for hydroxylation is 1. The molecule has 1 aromatic heterocycles. The summed E-state index contributed by atoms with van der Waals surface area (Å²) in [6.45, 7) is 9.07. The Morgan fingerprint density at radius 1 is 1.50 bits per heavy atom. The Labute approximate surface area is 119 Å². The Balaban J connectivity index is 2.78. The first-order valence-electron chi connectivity index (χ1n) is 6.32. The topological polar surface area (TPSA) is 90.3 Å². The van der Waals surface area contributed by atoms with Gasteiger partial charge >= 0.3 is 5.97 Å². The van der Waals surface area contributed by atoms with Crippen LogP contribution in [-0.4, -0.2) is 35.6 Å². The van der Waals surface area contributed by atoms with Crippen molar-refractivity contribution in [1.29, 1.82) is 0 Å². The summed E-state index contributed by atoms with van der Waals surface area (Å²) < 4.78 is 33.1. The van der Waals surface area contributed by atoms with Gasteiger partial charge in [-0.05, 0) is 34.6 Å². The molecule has 20 heavy (non-hydrogen) atoms. The summed E-state index contributed by atoms with van der Waals surface area (Å²) in [5.74, 6) is -0.629.